The minimum Gasteiger partial charge on any atom is -0.489 e. The van der Waals surface area contributed by atoms with E-state index in [0.29, 0.717) is 5.56 Å². The van der Waals surface area contributed by atoms with Gasteiger partial charge in [-0.1, -0.05) is 17.2 Å². The van der Waals surface area contributed by atoms with E-state index >= 15 is 0 Å². The first-order valence-electron chi connectivity index (χ1n) is 6.21. The van der Waals surface area contributed by atoms with Gasteiger partial charge in [-0.2, -0.15) is 0 Å². The Hall–Kier alpha value is -3.65. The molecule has 0 bridgehead atoms. The van der Waals surface area contributed by atoms with Crippen LogP contribution in [0.2, 0.25) is 0 Å². The molecule has 2 rings (SSSR count). The molecule has 0 saturated carbocycles. The number of nitro groups is 2. The van der Waals surface area contributed by atoms with Crippen LogP contribution >= 0.6 is 0 Å². The molecule has 10 nitrogen and oxygen atoms in total. The van der Waals surface area contributed by atoms with Crippen LogP contribution in [-0.2, 0) is 6.61 Å². The van der Waals surface area contributed by atoms with Gasteiger partial charge in [-0.25, -0.2) is 0 Å². The molecule has 0 aliphatic rings. The molecule has 0 unspecified atom stereocenters. The van der Waals surface area contributed by atoms with Crippen molar-refractivity contribution >= 4 is 17.1 Å². The highest BCUT2D eigenvalue weighted by Gasteiger charge is 2.14. The smallest absolute Gasteiger partial charge is 0.282 e. The van der Waals surface area contributed by atoms with Crippen LogP contribution in [0.3, 0.4) is 0 Å². The maximum atomic E-state index is 10.9. The predicted molar refractivity (Wildman–Crippen MR) is 79.3 cm³/mol. The van der Waals surface area contributed by atoms with Crippen molar-refractivity contribution in [3.05, 3.63) is 78.7 Å². The largest absolute Gasteiger partial charge is 0.489 e. The van der Waals surface area contributed by atoms with Crippen molar-refractivity contribution in [2.45, 2.75) is 6.61 Å². The molecule has 0 radical (unpaired) electrons. The monoisotopic (exact) mass is 315 g/mol. The van der Waals surface area contributed by atoms with Gasteiger partial charge in [-0.15, -0.1) is 0 Å². The number of nitro benzene ring substituents is 2. The molecule has 0 aromatic heterocycles. The number of hydrogen-bond acceptors (Lipinski definition) is 6. The highest BCUT2D eigenvalue weighted by molar-refractivity contribution is 5.60. The van der Waals surface area contributed by atoms with Crippen molar-refractivity contribution in [1.82, 2.24) is 0 Å². The molecular weight excluding hydrogens is 306 g/mol. The van der Waals surface area contributed by atoms with E-state index in [0.717, 1.165) is 6.07 Å². The summed E-state index contributed by atoms with van der Waals surface area (Å²) in [5.74, 6) is 0.181. The lowest BCUT2D eigenvalue weighted by atomic mass is 10.2. The molecule has 0 aliphatic carbocycles. The number of hydrogen-bond donors (Lipinski definition) is 0. The van der Waals surface area contributed by atoms with Gasteiger partial charge in [0.25, 0.3) is 11.4 Å². The average Bonchev–Trinajstić information content (AvgIpc) is 2.54. The fourth-order valence-corrected chi connectivity index (χ4v) is 1.80. The maximum Gasteiger partial charge on any atom is 0.282 e. The van der Waals surface area contributed by atoms with Crippen LogP contribution < -0.4 is 4.74 Å². The third-order valence-corrected chi connectivity index (χ3v) is 2.82. The number of nitrogens with zero attached hydrogens (tertiary/aromatic N) is 5. The van der Waals surface area contributed by atoms with E-state index in [4.69, 9.17) is 10.3 Å². The Kier molecular flexibility index (Phi) is 4.70. The molecule has 0 saturated heterocycles. The van der Waals surface area contributed by atoms with Gasteiger partial charge < -0.3 is 4.74 Å². The number of benzene rings is 2. The van der Waals surface area contributed by atoms with E-state index < -0.39 is 9.85 Å². The van der Waals surface area contributed by atoms with Crippen LogP contribution in [0.5, 0.6) is 5.75 Å². The zero-order valence-electron chi connectivity index (χ0n) is 11.5. The molecule has 0 N–H and O–H groups in total. The molecule has 0 spiro atoms. The first-order valence-corrected chi connectivity index (χ1v) is 6.21. The van der Waals surface area contributed by atoms with Crippen molar-refractivity contribution in [1.29, 1.82) is 0 Å². The second-order valence-corrected chi connectivity index (χ2v) is 4.31. The lowest BCUT2D eigenvalue weighted by Gasteiger charge is -2.07. The zero-order valence-corrected chi connectivity index (χ0v) is 11.5. The van der Waals surface area contributed by atoms with Crippen molar-refractivity contribution in [2.24, 2.45) is 5.11 Å². The van der Waals surface area contributed by atoms with Crippen molar-refractivity contribution in [2.75, 3.05) is 0 Å². The van der Waals surface area contributed by atoms with E-state index in [1.165, 1.54) is 30.3 Å². The van der Waals surface area contributed by atoms with Crippen LogP contribution in [0, 0.1) is 20.2 Å². The van der Waals surface area contributed by atoms with Gasteiger partial charge in [0, 0.05) is 17.0 Å². The van der Waals surface area contributed by atoms with Crippen LogP contribution in [0.15, 0.2) is 47.6 Å². The van der Waals surface area contributed by atoms with Gasteiger partial charge in [-0.05, 0) is 23.2 Å². The summed E-state index contributed by atoms with van der Waals surface area (Å²) in [6.45, 7) is -0.000299. The minimum absolute atomic E-state index is 0.000299. The molecule has 0 fully saturated rings. The summed E-state index contributed by atoms with van der Waals surface area (Å²) in [5.41, 5.74) is 8.32. The summed E-state index contributed by atoms with van der Waals surface area (Å²) in [6.07, 6.45) is 0. The average molecular weight is 315 g/mol. The topological polar surface area (TPSA) is 144 Å². The van der Waals surface area contributed by atoms with Gasteiger partial charge in [0.2, 0.25) is 0 Å². The zero-order chi connectivity index (χ0) is 16.8. The standard InChI is InChI=1S/C13H9N5O5/c14-16-15-12-5-4-11(7-13(12)18(21)22)23-8-9-2-1-3-10(6-9)17(19)20/h1-7H,8H2. The molecule has 23 heavy (non-hydrogen) atoms. The first kappa shape index (κ1) is 15.7. The fourth-order valence-electron chi connectivity index (χ4n) is 1.80. The molecule has 0 atom stereocenters. The number of rotatable bonds is 6. The highest BCUT2D eigenvalue weighted by Crippen LogP contribution is 2.31. The van der Waals surface area contributed by atoms with Gasteiger partial charge in [-0.3, -0.25) is 20.2 Å². The SMILES string of the molecule is [N-]=[N+]=Nc1ccc(OCc2cccc([N+](=O)[O-])c2)cc1[N+](=O)[O-]. The molecule has 116 valence electrons. The van der Waals surface area contributed by atoms with Gasteiger partial charge >= 0.3 is 0 Å². The lowest BCUT2D eigenvalue weighted by molar-refractivity contribution is -0.385. The number of azide groups is 1. The van der Waals surface area contributed by atoms with E-state index in [9.17, 15) is 20.2 Å². The Morgan fingerprint density at radius 2 is 1.91 bits per heavy atom. The maximum absolute atomic E-state index is 10.9. The summed E-state index contributed by atoms with van der Waals surface area (Å²) in [5, 5.41) is 24.9. The van der Waals surface area contributed by atoms with Crippen LogP contribution in [0.25, 0.3) is 10.4 Å². The molecule has 2 aromatic carbocycles. The van der Waals surface area contributed by atoms with E-state index in [1.54, 1.807) is 6.07 Å². The lowest BCUT2D eigenvalue weighted by Crippen LogP contribution is -1.97. The summed E-state index contributed by atoms with van der Waals surface area (Å²) in [6, 6.07) is 9.65. The third-order valence-electron chi connectivity index (χ3n) is 2.82. The molecule has 0 amide bonds. The van der Waals surface area contributed by atoms with Crippen molar-refractivity contribution in [3.8, 4) is 5.75 Å². The van der Waals surface area contributed by atoms with Gasteiger partial charge in [0.15, 0.2) is 0 Å². The second kappa shape index (κ2) is 6.87. The Morgan fingerprint density at radius 1 is 1.13 bits per heavy atom. The quantitative estimate of drug-likeness (QED) is 0.260. The van der Waals surface area contributed by atoms with Crippen molar-refractivity contribution in [3.63, 3.8) is 0 Å². The normalized spacial score (nSPS) is 9.74. The fraction of sp³-hybridized carbons (Fsp3) is 0.0769. The summed E-state index contributed by atoms with van der Waals surface area (Å²) >= 11 is 0. The molecular formula is C13H9N5O5. The van der Waals surface area contributed by atoms with Crippen LogP contribution in [0.1, 0.15) is 5.56 Å². The van der Waals surface area contributed by atoms with Gasteiger partial charge in [0.1, 0.15) is 18.0 Å². The summed E-state index contributed by atoms with van der Waals surface area (Å²) in [4.78, 5) is 22.9. The van der Waals surface area contributed by atoms with Crippen molar-refractivity contribution < 1.29 is 14.6 Å². The number of non-ortho nitro benzene ring substituents is 1. The molecule has 2 aromatic rings. The molecule has 10 heteroatoms. The summed E-state index contributed by atoms with van der Waals surface area (Å²) in [7, 11) is 0. The Labute approximate surface area is 128 Å². The predicted octanol–water partition coefficient (Wildman–Crippen LogP) is 4.02. The van der Waals surface area contributed by atoms with E-state index in [1.807, 2.05) is 0 Å². The molecule has 0 heterocycles. The van der Waals surface area contributed by atoms with Gasteiger partial charge in [0.05, 0.1) is 15.9 Å². The Bertz CT molecular complexity index is 816. The Balaban J connectivity index is 2.19. The summed E-state index contributed by atoms with van der Waals surface area (Å²) < 4.78 is 5.39. The molecule has 0 aliphatic heterocycles. The van der Waals surface area contributed by atoms with Crippen LogP contribution in [0.4, 0.5) is 17.1 Å². The minimum atomic E-state index is -0.690. The highest BCUT2D eigenvalue weighted by atomic mass is 16.6. The third kappa shape index (κ3) is 3.93. The first-order chi connectivity index (χ1) is 11.0. The number of ether oxygens (including phenoxy) is 1. The van der Waals surface area contributed by atoms with E-state index in [-0.39, 0.29) is 29.4 Å². The second-order valence-electron chi connectivity index (χ2n) is 4.31. The Morgan fingerprint density at radius 3 is 2.57 bits per heavy atom. The van der Waals surface area contributed by atoms with Crippen LogP contribution in [-0.4, -0.2) is 9.85 Å². The van der Waals surface area contributed by atoms with E-state index in [2.05, 4.69) is 10.0 Å².